The van der Waals surface area contributed by atoms with Gasteiger partial charge in [-0.2, -0.15) is 0 Å². The highest BCUT2D eigenvalue weighted by Crippen LogP contribution is 2.25. The lowest BCUT2D eigenvalue weighted by atomic mass is 9.86. The first-order valence-corrected chi connectivity index (χ1v) is 8.24. The van der Waals surface area contributed by atoms with Crippen molar-refractivity contribution in [2.75, 3.05) is 0 Å². The fourth-order valence-electron chi connectivity index (χ4n) is 2.89. The number of rotatable bonds is 12. The first-order chi connectivity index (χ1) is 8.24. The van der Waals surface area contributed by atoms with E-state index in [1.165, 1.54) is 70.6 Å². The molecular weight excluding hydrogens is 204 g/mol. The van der Waals surface area contributed by atoms with Crippen molar-refractivity contribution in [3.63, 3.8) is 0 Å². The summed E-state index contributed by atoms with van der Waals surface area (Å²) in [4.78, 5) is 0. The molecule has 0 saturated heterocycles. The number of hydrogen-bond donors (Lipinski definition) is 0. The second kappa shape index (κ2) is 12.5. The Morgan fingerprint density at radius 2 is 1.35 bits per heavy atom. The Morgan fingerprint density at radius 3 is 1.94 bits per heavy atom. The van der Waals surface area contributed by atoms with E-state index in [-0.39, 0.29) is 0 Å². The van der Waals surface area contributed by atoms with Crippen LogP contribution in [0.3, 0.4) is 0 Å². The molecule has 0 heteroatoms. The summed E-state index contributed by atoms with van der Waals surface area (Å²) >= 11 is 0. The molecule has 0 bridgehead atoms. The van der Waals surface area contributed by atoms with Crippen molar-refractivity contribution in [1.29, 1.82) is 0 Å². The molecule has 0 rings (SSSR count). The second-order valence-electron chi connectivity index (χ2n) is 5.99. The van der Waals surface area contributed by atoms with E-state index in [1.807, 2.05) is 0 Å². The smallest absolute Gasteiger partial charge is 0.0412 e. The van der Waals surface area contributed by atoms with Crippen LogP contribution in [0.5, 0.6) is 0 Å². The Kier molecular flexibility index (Phi) is 12.5. The van der Waals surface area contributed by atoms with Gasteiger partial charge in [-0.1, -0.05) is 91.9 Å². The number of hydrogen-bond acceptors (Lipinski definition) is 0. The van der Waals surface area contributed by atoms with Crippen molar-refractivity contribution in [1.82, 2.24) is 0 Å². The van der Waals surface area contributed by atoms with Crippen molar-refractivity contribution < 1.29 is 0 Å². The third-order valence-corrected chi connectivity index (χ3v) is 3.95. The molecule has 0 aromatic rings. The summed E-state index contributed by atoms with van der Waals surface area (Å²) in [6.45, 7) is 9.42. The summed E-state index contributed by atoms with van der Waals surface area (Å²) in [5.74, 6) is 1.97. The van der Waals surface area contributed by atoms with E-state index in [2.05, 4.69) is 27.7 Å². The minimum absolute atomic E-state index is 0.959. The van der Waals surface area contributed by atoms with Crippen LogP contribution in [-0.2, 0) is 0 Å². The third kappa shape index (κ3) is 10.9. The molecular formula is C17H36. The maximum atomic E-state index is 2.47. The van der Waals surface area contributed by atoms with Crippen LogP contribution in [0, 0.1) is 11.8 Å². The maximum Gasteiger partial charge on any atom is -0.0412 e. The minimum atomic E-state index is 0.959. The highest BCUT2D eigenvalue weighted by molar-refractivity contribution is 4.64. The van der Waals surface area contributed by atoms with Crippen molar-refractivity contribution in [2.24, 2.45) is 11.8 Å². The van der Waals surface area contributed by atoms with Crippen LogP contribution in [0.2, 0.25) is 0 Å². The van der Waals surface area contributed by atoms with Crippen LogP contribution >= 0.6 is 0 Å². The zero-order chi connectivity index (χ0) is 12.9. The van der Waals surface area contributed by atoms with Crippen molar-refractivity contribution in [2.45, 2.75) is 98.3 Å². The van der Waals surface area contributed by atoms with Gasteiger partial charge in [0, 0.05) is 0 Å². The van der Waals surface area contributed by atoms with E-state index in [1.54, 1.807) is 0 Å². The first kappa shape index (κ1) is 17.0. The van der Waals surface area contributed by atoms with Gasteiger partial charge >= 0.3 is 0 Å². The van der Waals surface area contributed by atoms with E-state index >= 15 is 0 Å². The summed E-state index contributed by atoms with van der Waals surface area (Å²) in [6.07, 6.45) is 15.8. The van der Waals surface area contributed by atoms with Crippen LogP contribution in [0.1, 0.15) is 98.3 Å². The quantitative estimate of drug-likeness (QED) is 0.338. The van der Waals surface area contributed by atoms with E-state index in [0.717, 1.165) is 11.8 Å². The van der Waals surface area contributed by atoms with Crippen LogP contribution in [-0.4, -0.2) is 0 Å². The average Bonchev–Trinajstić information content (AvgIpc) is 2.32. The molecule has 104 valence electrons. The van der Waals surface area contributed by atoms with Crippen molar-refractivity contribution in [3.05, 3.63) is 0 Å². The largest absolute Gasteiger partial charge is 0.0654 e. The molecule has 17 heavy (non-hydrogen) atoms. The predicted octanol–water partition coefficient (Wildman–Crippen LogP) is 6.59. The summed E-state index contributed by atoms with van der Waals surface area (Å²) in [6, 6.07) is 0. The molecule has 0 aliphatic rings. The topological polar surface area (TPSA) is 0 Å². The fourth-order valence-corrected chi connectivity index (χ4v) is 2.89. The van der Waals surface area contributed by atoms with Gasteiger partial charge in [0.15, 0.2) is 0 Å². The summed E-state index contributed by atoms with van der Waals surface area (Å²) < 4.78 is 0. The molecule has 0 aromatic heterocycles. The zero-order valence-corrected chi connectivity index (χ0v) is 12.9. The van der Waals surface area contributed by atoms with Gasteiger partial charge < -0.3 is 0 Å². The molecule has 0 aromatic carbocycles. The van der Waals surface area contributed by atoms with Gasteiger partial charge in [-0.25, -0.2) is 0 Å². The van der Waals surface area contributed by atoms with E-state index in [0.29, 0.717) is 0 Å². The van der Waals surface area contributed by atoms with Gasteiger partial charge in [0.25, 0.3) is 0 Å². The molecule has 2 unspecified atom stereocenters. The van der Waals surface area contributed by atoms with Gasteiger partial charge in [-0.05, 0) is 18.3 Å². The van der Waals surface area contributed by atoms with Crippen LogP contribution < -0.4 is 0 Å². The molecule has 0 amide bonds. The van der Waals surface area contributed by atoms with E-state index < -0.39 is 0 Å². The van der Waals surface area contributed by atoms with Gasteiger partial charge in [-0.3, -0.25) is 0 Å². The third-order valence-electron chi connectivity index (χ3n) is 3.95. The lowest BCUT2D eigenvalue weighted by Crippen LogP contribution is -2.07. The zero-order valence-electron chi connectivity index (χ0n) is 12.9. The monoisotopic (exact) mass is 240 g/mol. The van der Waals surface area contributed by atoms with E-state index in [9.17, 15) is 0 Å². The van der Waals surface area contributed by atoms with E-state index in [4.69, 9.17) is 0 Å². The molecule has 0 fully saturated rings. The average molecular weight is 240 g/mol. The number of unbranched alkanes of at least 4 members (excludes halogenated alkanes) is 4. The molecule has 0 saturated carbocycles. The second-order valence-corrected chi connectivity index (χ2v) is 5.99. The normalized spacial score (nSPS) is 14.8. The Morgan fingerprint density at radius 1 is 0.647 bits per heavy atom. The first-order valence-electron chi connectivity index (χ1n) is 8.24. The highest BCUT2D eigenvalue weighted by Gasteiger charge is 2.11. The van der Waals surface area contributed by atoms with Crippen LogP contribution in [0.15, 0.2) is 0 Å². The predicted molar refractivity (Wildman–Crippen MR) is 80.5 cm³/mol. The molecule has 2 atom stereocenters. The lowest BCUT2D eigenvalue weighted by molar-refractivity contribution is 0.322. The molecule has 0 N–H and O–H groups in total. The SMILES string of the molecule is CCCCCCC(C)CC(CCC)CCCC. The van der Waals surface area contributed by atoms with Crippen molar-refractivity contribution >= 4 is 0 Å². The molecule has 0 radical (unpaired) electrons. The summed E-state index contributed by atoms with van der Waals surface area (Å²) in [5.41, 5.74) is 0. The highest BCUT2D eigenvalue weighted by atomic mass is 14.2. The Bertz CT molecular complexity index is 139. The Balaban J connectivity index is 3.66. The van der Waals surface area contributed by atoms with Crippen LogP contribution in [0.4, 0.5) is 0 Å². The maximum absolute atomic E-state index is 2.47. The Labute approximate surface area is 111 Å². The van der Waals surface area contributed by atoms with Gasteiger partial charge in [-0.15, -0.1) is 0 Å². The fraction of sp³-hybridized carbons (Fsp3) is 1.00. The van der Waals surface area contributed by atoms with Crippen molar-refractivity contribution in [3.8, 4) is 0 Å². The summed E-state index contributed by atoms with van der Waals surface area (Å²) in [7, 11) is 0. The molecule has 0 aliphatic carbocycles. The lowest BCUT2D eigenvalue weighted by Gasteiger charge is -2.20. The molecule has 0 spiro atoms. The molecule has 0 heterocycles. The molecule has 0 nitrogen and oxygen atoms in total. The van der Waals surface area contributed by atoms with Gasteiger partial charge in [0.1, 0.15) is 0 Å². The van der Waals surface area contributed by atoms with Gasteiger partial charge in [0.05, 0.1) is 0 Å². The van der Waals surface area contributed by atoms with Gasteiger partial charge in [0.2, 0.25) is 0 Å². The summed E-state index contributed by atoms with van der Waals surface area (Å²) in [5, 5.41) is 0. The standard InChI is InChI=1S/C17H36/c1-5-8-10-11-13-16(4)15-17(12-7-3)14-9-6-2/h16-17H,5-15H2,1-4H3. The minimum Gasteiger partial charge on any atom is -0.0654 e. The van der Waals surface area contributed by atoms with Crippen LogP contribution in [0.25, 0.3) is 0 Å². The molecule has 0 aliphatic heterocycles. The Hall–Kier alpha value is 0.